The van der Waals surface area contributed by atoms with E-state index in [2.05, 4.69) is 6.07 Å². The second kappa shape index (κ2) is 4.61. The van der Waals surface area contributed by atoms with Crippen LogP contribution in [0.15, 0.2) is 54.9 Å². The van der Waals surface area contributed by atoms with Gasteiger partial charge in [0.2, 0.25) is 0 Å². The maximum atomic E-state index is 10.8. The van der Waals surface area contributed by atoms with Gasteiger partial charge in [0.15, 0.2) is 6.29 Å². The van der Waals surface area contributed by atoms with Crippen molar-refractivity contribution in [3.63, 3.8) is 0 Å². The molecule has 1 aromatic carbocycles. The Balaban J connectivity index is 2.06. The van der Waals surface area contributed by atoms with E-state index in [0.717, 1.165) is 28.7 Å². The largest absolute Gasteiger partial charge is 0.497 e. The van der Waals surface area contributed by atoms with Crippen molar-refractivity contribution in [3.8, 4) is 16.9 Å². The van der Waals surface area contributed by atoms with Gasteiger partial charge in [-0.2, -0.15) is 0 Å². The van der Waals surface area contributed by atoms with Crippen LogP contribution < -0.4 is 4.74 Å². The Hall–Kier alpha value is -2.55. The number of benzene rings is 1. The van der Waals surface area contributed by atoms with Crippen LogP contribution in [-0.2, 0) is 0 Å². The summed E-state index contributed by atoms with van der Waals surface area (Å²) < 4.78 is 7.11. The molecule has 0 aliphatic carbocycles. The topological polar surface area (TPSA) is 30.7 Å². The van der Waals surface area contributed by atoms with Crippen LogP contribution in [0, 0.1) is 0 Å². The Labute approximate surface area is 111 Å². The van der Waals surface area contributed by atoms with Crippen molar-refractivity contribution in [1.82, 2.24) is 4.40 Å². The molecule has 3 heteroatoms. The summed E-state index contributed by atoms with van der Waals surface area (Å²) in [5.41, 5.74) is 3.98. The second-order valence-electron chi connectivity index (χ2n) is 4.37. The van der Waals surface area contributed by atoms with E-state index in [1.807, 2.05) is 53.2 Å². The summed E-state index contributed by atoms with van der Waals surface area (Å²) in [6, 6.07) is 13.8. The predicted octanol–water partition coefficient (Wildman–Crippen LogP) is 3.43. The second-order valence-corrected chi connectivity index (χ2v) is 4.37. The minimum absolute atomic E-state index is 0.671. The zero-order valence-corrected chi connectivity index (χ0v) is 10.5. The van der Waals surface area contributed by atoms with Crippen LogP contribution in [0.25, 0.3) is 16.6 Å². The highest BCUT2D eigenvalue weighted by Crippen LogP contribution is 2.25. The fourth-order valence-corrected chi connectivity index (χ4v) is 2.14. The summed E-state index contributed by atoms with van der Waals surface area (Å²) in [6.07, 6.45) is 4.70. The molecular weight excluding hydrogens is 238 g/mol. The molecule has 2 aromatic heterocycles. The lowest BCUT2D eigenvalue weighted by Gasteiger charge is -2.00. The zero-order valence-electron chi connectivity index (χ0n) is 10.5. The third-order valence-electron chi connectivity index (χ3n) is 3.17. The van der Waals surface area contributed by atoms with Crippen LogP contribution in [-0.4, -0.2) is 17.8 Å². The van der Waals surface area contributed by atoms with Gasteiger partial charge in [-0.1, -0.05) is 12.1 Å². The molecule has 0 fully saturated rings. The third kappa shape index (κ3) is 2.10. The van der Waals surface area contributed by atoms with Gasteiger partial charge in [0.25, 0.3) is 0 Å². The molecule has 0 radical (unpaired) electrons. The Bertz CT molecular complexity index is 726. The number of fused-ring (bicyclic) bond motifs is 1. The molecule has 2 heterocycles. The molecule has 0 aliphatic heterocycles. The van der Waals surface area contributed by atoms with Crippen molar-refractivity contribution >= 4 is 11.8 Å². The molecule has 0 N–H and O–H groups in total. The Morgan fingerprint density at radius 2 is 1.79 bits per heavy atom. The maximum Gasteiger partial charge on any atom is 0.151 e. The van der Waals surface area contributed by atoms with E-state index < -0.39 is 0 Å². The van der Waals surface area contributed by atoms with Crippen LogP contribution in [0.1, 0.15) is 10.4 Å². The first-order chi connectivity index (χ1) is 9.30. The fraction of sp³-hybridized carbons (Fsp3) is 0.0625. The van der Waals surface area contributed by atoms with E-state index in [-0.39, 0.29) is 0 Å². The average molecular weight is 251 g/mol. The molecule has 94 valence electrons. The first kappa shape index (κ1) is 11.5. The van der Waals surface area contributed by atoms with E-state index in [9.17, 15) is 4.79 Å². The van der Waals surface area contributed by atoms with Gasteiger partial charge in [0, 0.05) is 29.0 Å². The van der Waals surface area contributed by atoms with Crippen LogP contribution in [0.4, 0.5) is 0 Å². The lowest BCUT2D eigenvalue weighted by Crippen LogP contribution is -1.85. The van der Waals surface area contributed by atoms with Gasteiger partial charge in [-0.05, 0) is 35.9 Å². The summed E-state index contributed by atoms with van der Waals surface area (Å²) in [5.74, 6) is 0.843. The first-order valence-electron chi connectivity index (χ1n) is 6.01. The molecule has 3 rings (SSSR count). The highest BCUT2D eigenvalue weighted by molar-refractivity contribution is 5.77. The summed E-state index contributed by atoms with van der Waals surface area (Å²) in [6.45, 7) is 0. The van der Waals surface area contributed by atoms with Crippen molar-refractivity contribution in [2.75, 3.05) is 7.11 Å². The monoisotopic (exact) mass is 251 g/mol. The SMILES string of the molecule is COc1ccc(-c2cc3ccc(C=O)cn3c2)cc1. The van der Waals surface area contributed by atoms with E-state index in [0.29, 0.717) is 5.56 Å². The van der Waals surface area contributed by atoms with Crippen LogP contribution in [0.2, 0.25) is 0 Å². The number of methoxy groups -OCH3 is 1. The number of hydrogen-bond donors (Lipinski definition) is 0. The molecular formula is C16H13NO2. The summed E-state index contributed by atoms with van der Waals surface area (Å²) in [7, 11) is 1.66. The van der Waals surface area contributed by atoms with Crippen molar-refractivity contribution in [2.45, 2.75) is 0 Å². The summed E-state index contributed by atoms with van der Waals surface area (Å²) in [5, 5.41) is 0. The normalized spacial score (nSPS) is 10.6. The van der Waals surface area contributed by atoms with Gasteiger partial charge in [-0.3, -0.25) is 4.79 Å². The zero-order chi connectivity index (χ0) is 13.2. The molecule has 19 heavy (non-hydrogen) atoms. The van der Waals surface area contributed by atoms with Crippen LogP contribution in [0.3, 0.4) is 0 Å². The quantitative estimate of drug-likeness (QED) is 0.668. The van der Waals surface area contributed by atoms with Crippen molar-refractivity contribution in [3.05, 3.63) is 60.4 Å². The number of carbonyl (C=O) groups is 1. The number of carbonyl (C=O) groups excluding carboxylic acids is 1. The van der Waals surface area contributed by atoms with Crippen LogP contribution in [0.5, 0.6) is 5.75 Å². The van der Waals surface area contributed by atoms with Gasteiger partial charge < -0.3 is 9.14 Å². The van der Waals surface area contributed by atoms with Crippen LogP contribution >= 0.6 is 0 Å². The van der Waals surface area contributed by atoms with Gasteiger partial charge in [0.05, 0.1) is 7.11 Å². The molecule has 0 saturated carbocycles. The number of nitrogens with zero attached hydrogens (tertiary/aromatic N) is 1. The van der Waals surface area contributed by atoms with Crippen molar-refractivity contribution in [1.29, 1.82) is 0 Å². The third-order valence-corrected chi connectivity index (χ3v) is 3.17. The minimum atomic E-state index is 0.671. The standard InChI is InChI=1S/C16H13NO2/c1-19-16-6-3-13(4-7-16)14-8-15-5-2-12(11-18)9-17(15)10-14/h2-11H,1H3. The molecule has 0 bridgehead atoms. The molecule has 0 atom stereocenters. The number of rotatable bonds is 3. The summed E-state index contributed by atoms with van der Waals surface area (Å²) >= 11 is 0. The molecule has 0 saturated heterocycles. The fourth-order valence-electron chi connectivity index (χ4n) is 2.14. The molecule has 3 aromatic rings. The van der Waals surface area contributed by atoms with Crippen molar-refractivity contribution in [2.24, 2.45) is 0 Å². The molecule has 0 unspecified atom stereocenters. The molecule has 0 spiro atoms. The highest BCUT2D eigenvalue weighted by Gasteiger charge is 2.03. The van der Waals surface area contributed by atoms with Gasteiger partial charge in [0.1, 0.15) is 5.75 Å². The van der Waals surface area contributed by atoms with E-state index >= 15 is 0 Å². The highest BCUT2D eigenvalue weighted by atomic mass is 16.5. The predicted molar refractivity (Wildman–Crippen MR) is 74.8 cm³/mol. The molecule has 0 amide bonds. The van der Waals surface area contributed by atoms with Gasteiger partial charge in [-0.15, -0.1) is 0 Å². The lowest BCUT2D eigenvalue weighted by atomic mass is 10.1. The van der Waals surface area contributed by atoms with E-state index in [1.54, 1.807) is 7.11 Å². The summed E-state index contributed by atoms with van der Waals surface area (Å²) in [4.78, 5) is 10.8. The maximum absolute atomic E-state index is 10.8. The first-order valence-corrected chi connectivity index (χ1v) is 6.01. The number of hydrogen-bond acceptors (Lipinski definition) is 2. The van der Waals surface area contributed by atoms with Gasteiger partial charge in [-0.25, -0.2) is 0 Å². The number of aldehydes is 1. The number of pyridine rings is 1. The molecule has 3 nitrogen and oxygen atoms in total. The average Bonchev–Trinajstić information content (AvgIpc) is 2.90. The van der Waals surface area contributed by atoms with Gasteiger partial charge >= 0.3 is 0 Å². The Morgan fingerprint density at radius 1 is 1.00 bits per heavy atom. The lowest BCUT2D eigenvalue weighted by molar-refractivity contribution is 0.112. The van der Waals surface area contributed by atoms with Crippen molar-refractivity contribution < 1.29 is 9.53 Å². The number of ether oxygens (including phenoxy) is 1. The Morgan fingerprint density at radius 3 is 2.47 bits per heavy atom. The van der Waals surface area contributed by atoms with E-state index in [4.69, 9.17) is 4.74 Å². The number of aromatic nitrogens is 1. The molecule has 0 aliphatic rings. The minimum Gasteiger partial charge on any atom is -0.497 e. The smallest absolute Gasteiger partial charge is 0.151 e. The van der Waals surface area contributed by atoms with E-state index in [1.165, 1.54) is 0 Å². The Kier molecular flexibility index (Phi) is 2.80.